The molecule has 0 aliphatic rings. The van der Waals surface area contributed by atoms with E-state index in [1.807, 2.05) is 13.8 Å². The number of aromatic hydroxyl groups is 1. The van der Waals surface area contributed by atoms with Crippen molar-refractivity contribution in [2.45, 2.75) is 37.6 Å². The number of halogens is 1. The second-order valence-electron chi connectivity index (χ2n) is 5.25. The molecular formula is C14H20ClNO5S. The zero-order valence-electron chi connectivity index (χ0n) is 12.7. The van der Waals surface area contributed by atoms with E-state index >= 15 is 0 Å². The molecule has 1 aromatic rings. The molecule has 0 amide bonds. The number of phenols is 1. The van der Waals surface area contributed by atoms with Crippen LogP contribution in [-0.2, 0) is 19.6 Å². The summed E-state index contributed by atoms with van der Waals surface area (Å²) in [6.07, 6.45) is 0.939. The second kappa shape index (κ2) is 7.80. The van der Waals surface area contributed by atoms with Gasteiger partial charge in [0.05, 0.1) is 12.1 Å². The molecule has 0 bridgehead atoms. The first kappa shape index (κ1) is 18.7. The number of methoxy groups -OCH3 is 1. The van der Waals surface area contributed by atoms with Gasteiger partial charge < -0.3 is 9.84 Å². The predicted octanol–water partition coefficient (Wildman–Crippen LogP) is 2.30. The molecule has 0 aliphatic carbocycles. The minimum Gasteiger partial charge on any atom is -0.505 e. The van der Waals surface area contributed by atoms with E-state index < -0.39 is 27.8 Å². The lowest BCUT2D eigenvalue weighted by Gasteiger charge is -2.18. The number of sulfonamides is 1. The second-order valence-corrected chi connectivity index (χ2v) is 7.34. The summed E-state index contributed by atoms with van der Waals surface area (Å²) in [5, 5.41) is 9.71. The fraction of sp³-hybridized carbons (Fsp3) is 0.500. The van der Waals surface area contributed by atoms with E-state index in [2.05, 4.69) is 9.46 Å². The summed E-state index contributed by atoms with van der Waals surface area (Å²) in [7, 11) is -2.91. The van der Waals surface area contributed by atoms with Gasteiger partial charge in [-0.15, -0.1) is 0 Å². The summed E-state index contributed by atoms with van der Waals surface area (Å²) in [5.41, 5.74) is 0. The lowest BCUT2D eigenvalue weighted by atomic mass is 10.0. The van der Waals surface area contributed by atoms with Crippen LogP contribution in [0.15, 0.2) is 23.1 Å². The van der Waals surface area contributed by atoms with Gasteiger partial charge in [0, 0.05) is 0 Å². The standard InChI is InChI=1S/C14H20ClNO5S/c1-9(2)7-8-11(14(18)21-3)16-22(19,20)12-6-4-5-10(15)13(12)17/h4-6,9,11,16-17H,7-8H2,1-3H3. The maximum atomic E-state index is 12.3. The molecule has 0 fully saturated rings. The molecule has 1 atom stereocenters. The minimum atomic E-state index is -4.10. The normalized spacial score (nSPS) is 13.1. The van der Waals surface area contributed by atoms with Gasteiger partial charge in [-0.1, -0.05) is 31.5 Å². The number of para-hydroxylation sites is 1. The predicted molar refractivity (Wildman–Crippen MR) is 83.3 cm³/mol. The van der Waals surface area contributed by atoms with Gasteiger partial charge in [-0.3, -0.25) is 4.79 Å². The van der Waals surface area contributed by atoms with Crippen LogP contribution < -0.4 is 4.72 Å². The molecule has 124 valence electrons. The van der Waals surface area contributed by atoms with Crippen LogP contribution >= 0.6 is 11.6 Å². The van der Waals surface area contributed by atoms with E-state index in [-0.39, 0.29) is 9.92 Å². The van der Waals surface area contributed by atoms with Gasteiger partial charge in [0.1, 0.15) is 10.9 Å². The fourth-order valence-electron chi connectivity index (χ4n) is 1.83. The Bertz CT molecular complexity index is 630. The molecule has 1 unspecified atom stereocenters. The maximum absolute atomic E-state index is 12.3. The smallest absolute Gasteiger partial charge is 0.323 e. The van der Waals surface area contributed by atoms with Crippen molar-refractivity contribution in [3.05, 3.63) is 23.2 Å². The highest BCUT2D eigenvalue weighted by atomic mass is 35.5. The summed E-state index contributed by atoms with van der Waals surface area (Å²) < 4.78 is 31.6. The average Bonchev–Trinajstić information content (AvgIpc) is 2.45. The summed E-state index contributed by atoms with van der Waals surface area (Å²) in [4.78, 5) is 11.4. The SMILES string of the molecule is COC(=O)C(CCC(C)C)NS(=O)(=O)c1cccc(Cl)c1O. The summed E-state index contributed by atoms with van der Waals surface area (Å²) in [5.74, 6) is -0.925. The number of benzene rings is 1. The Kier molecular flexibility index (Phi) is 6.65. The van der Waals surface area contributed by atoms with E-state index in [1.54, 1.807) is 0 Å². The molecule has 0 heterocycles. The van der Waals surface area contributed by atoms with Crippen LogP contribution in [-0.4, -0.2) is 32.6 Å². The Labute approximate surface area is 135 Å². The molecular weight excluding hydrogens is 330 g/mol. The van der Waals surface area contributed by atoms with Crippen LogP contribution in [0.1, 0.15) is 26.7 Å². The number of phenolic OH excluding ortho intramolecular Hbond substituents is 1. The fourth-order valence-corrected chi connectivity index (χ4v) is 3.40. The third-order valence-electron chi connectivity index (χ3n) is 3.06. The molecule has 1 rings (SSSR count). The Morgan fingerprint density at radius 3 is 2.55 bits per heavy atom. The van der Waals surface area contributed by atoms with Crippen LogP contribution in [0.4, 0.5) is 0 Å². The van der Waals surface area contributed by atoms with Gasteiger partial charge >= 0.3 is 5.97 Å². The van der Waals surface area contributed by atoms with Crippen molar-refractivity contribution in [1.29, 1.82) is 0 Å². The highest BCUT2D eigenvalue weighted by Crippen LogP contribution is 2.30. The van der Waals surface area contributed by atoms with Crippen molar-refractivity contribution in [2.75, 3.05) is 7.11 Å². The van der Waals surface area contributed by atoms with E-state index in [4.69, 9.17) is 11.6 Å². The van der Waals surface area contributed by atoms with Crippen molar-refractivity contribution in [1.82, 2.24) is 4.72 Å². The summed E-state index contributed by atoms with van der Waals surface area (Å²) in [6, 6.07) is 2.96. The first-order valence-electron chi connectivity index (χ1n) is 6.76. The van der Waals surface area contributed by atoms with Crippen LogP contribution in [0, 0.1) is 5.92 Å². The van der Waals surface area contributed by atoms with E-state index in [9.17, 15) is 18.3 Å². The molecule has 0 radical (unpaired) electrons. The van der Waals surface area contributed by atoms with Crippen molar-refractivity contribution in [3.63, 3.8) is 0 Å². The molecule has 22 heavy (non-hydrogen) atoms. The first-order valence-corrected chi connectivity index (χ1v) is 8.62. The quantitative estimate of drug-likeness (QED) is 0.737. The Balaban J connectivity index is 3.04. The van der Waals surface area contributed by atoms with E-state index in [0.29, 0.717) is 18.8 Å². The summed E-state index contributed by atoms with van der Waals surface area (Å²) in [6.45, 7) is 3.93. The highest BCUT2D eigenvalue weighted by molar-refractivity contribution is 7.89. The zero-order chi connectivity index (χ0) is 16.9. The Morgan fingerprint density at radius 1 is 1.36 bits per heavy atom. The largest absolute Gasteiger partial charge is 0.505 e. The van der Waals surface area contributed by atoms with Crippen LogP contribution in [0.25, 0.3) is 0 Å². The van der Waals surface area contributed by atoms with Crippen molar-refractivity contribution in [3.8, 4) is 5.75 Å². The van der Waals surface area contributed by atoms with Gasteiger partial charge in [0.15, 0.2) is 5.75 Å². The monoisotopic (exact) mass is 349 g/mol. The lowest BCUT2D eigenvalue weighted by molar-refractivity contribution is -0.142. The number of carbonyl (C=O) groups is 1. The first-order chi connectivity index (χ1) is 10.2. The van der Waals surface area contributed by atoms with E-state index in [1.165, 1.54) is 25.3 Å². The zero-order valence-corrected chi connectivity index (χ0v) is 14.2. The number of hydrogen-bond acceptors (Lipinski definition) is 5. The summed E-state index contributed by atoms with van der Waals surface area (Å²) >= 11 is 5.72. The van der Waals surface area contributed by atoms with Gasteiger partial charge in [0.2, 0.25) is 10.0 Å². The van der Waals surface area contributed by atoms with Gasteiger partial charge in [-0.05, 0) is 30.9 Å². The minimum absolute atomic E-state index is 0.0836. The molecule has 1 aromatic carbocycles. The molecule has 0 spiro atoms. The highest BCUT2D eigenvalue weighted by Gasteiger charge is 2.28. The van der Waals surface area contributed by atoms with Crippen molar-refractivity contribution < 1.29 is 23.1 Å². The van der Waals surface area contributed by atoms with Crippen LogP contribution in [0.5, 0.6) is 5.75 Å². The molecule has 0 saturated carbocycles. The maximum Gasteiger partial charge on any atom is 0.323 e. The van der Waals surface area contributed by atoms with Crippen LogP contribution in [0.2, 0.25) is 5.02 Å². The lowest BCUT2D eigenvalue weighted by Crippen LogP contribution is -2.41. The van der Waals surface area contributed by atoms with E-state index in [0.717, 1.165) is 0 Å². The Morgan fingerprint density at radius 2 is 2.00 bits per heavy atom. The molecule has 6 nitrogen and oxygen atoms in total. The third-order valence-corrected chi connectivity index (χ3v) is 4.86. The average molecular weight is 350 g/mol. The number of esters is 1. The van der Waals surface area contributed by atoms with Crippen molar-refractivity contribution in [2.24, 2.45) is 5.92 Å². The number of hydrogen-bond donors (Lipinski definition) is 2. The Hall–Kier alpha value is -1.31. The van der Waals surface area contributed by atoms with Gasteiger partial charge in [-0.2, -0.15) is 4.72 Å². The number of ether oxygens (including phenoxy) is 1. The topological polar surface area (TPSA) is 92.7 Å². The molecule has 8 heteroatoms. The van der Waals surface area contributed by atoms with Crippen molar-refractivity contribution >= 4 is 27.6 Å². The number of nitrogens with one attached hydrogen (secondary N) is 1. The third kappa shape index (κ3) is 4.86. The number of carbonyl (C=O) groups excluding carboxylic acids is 1. The molecule has 0 aromatic heterocycles. The molecule has 0 aliphatic heterocycles. The van der Waals surface area contributed by atoms with Gasteiger partial charge in [0.25, 0.3) is 0 Å². The molecule has 2 N–H and O–H groups in total. The molecule has 0 saturated heterocycles. The number of rotatable bonds is 7. The van der Waals surface area contributed by atoms with Gasteiger partial charge in [-0.25, -0.2) is 8.42 Å². The van der Waals surface area contributed by atoms with Crippen LogP contribution in [0.3, 0.4) is 0 Å².